The lowest BCUT2D eigenvalue weighted by Gasteiger charge is -2.32. The topological polar surface area (TPSA) is 61.4 Å². The molecule has 1 heterocycles. The summed E-state index contributed by atoms with van der Waals surface area (Å²) in [5.74, 6) is 0. The highest BCUT2D eigenvalue weighted by Crippen LogP contribution is 2.11. The van der Waals surface area contributed by atoms with Crippen LogP contribution in [-0.4, -0.2) is 39.8 Å². The van der Waals surface area contributed by atoms with Gasteiger partial charge < -0.3 is 14.6 Å². The Morgan fingerprint density at radius 1 is 1.77 bits per heavy atom. The second-order valence-electron chi connectivity index (χ2n) is 3.22. The SMILES string of the molecule is CCCC(C1COCCN1)S(=O)[O-]. The molecule has 1 N–H and O–H groups in total. The molecule has 0 amide bonds. The number of ether oxygens (including phenoxy) is 1. The van der Waals surface area contributed by atoms with E-state index >= 15 is 0 Å². The predicted octanol–water partition coefficient (Wildman–Crippen LogP) is 0.0226. The van der Waals surface area contributed by atoms with Crippen LogP contribution in [0.5, 0.6) is 0 Å². The van der Waals surface area contributed by atoms with Gasteiger partial charge in [0.15, 0.2) is 0 Å². The van der Waals surface area contributed by atoms with E-state index in [0.29, 0.717) is 19.6 Å². The molecule has 13 heavy (non-hydrogen) atoms. The number of morpholine rings is 1. The van der Waals surface area contributed by atoms with Gasteiger partial charge in [0, 0.05) is 17.8 Å². The van der Waals surface area contributed by atoms with E-state index in [4.69, 9.17) is 4.74 Å². The molecule has 0 spiro atoms. The third-order valence-corrected chi connectivity index (χ3v) is 3.28. The minimum absolute atomic E-state index is 0.0213. The maximum atomic E-state index is 10.9. The molecule has 1 aliphatic rings. The van der Waals surface area contributed by atoms with Gasteiger partial charge in [-0.2, -0.15) is 0 Å². The molecule has 0 aromatic rings. The first-order valence-corrected chi connectivity index (χ1v) is 5.78. The fraction of sp³-hybridized carbons (Fsp3) is 1.00. The van der Waals surface area contributed by atoms with E-state index in [1.54, 1.807) is 0 Å². The second kappa shape index (κ2) is 5.70. The molecule has 0 radical (unpaired) electrons. The van der Waals surface area contributed by atoms with Gasteiger partial charge in [0.2, 0.25) is 0 Å². The second-order valence-corrected chi connectivity index (χ2v) is 4.35. The van der Waals surface area contributed by atoms with Gasteiger partial charge in [0.1, 0.15) is 0 Å². The van der Waals surface area contributed by atoms with Gasteiger partial charge in [-0.15, -0.1) is 0 Å². The van der Waals surface area contributed by atoms with Crippen LogP contribution >= 0.6 is 0 Å². The molecule has 1 saturated heterocycles. The minimum atomic E-state index is -1.99. The third kappa shape index (κ3) is 3.34. The summed E-state index contributed by atoms with van der Waals surface area (Å²) in [6, 6.07) is -0.0213. The number of hydrogen-bond donors (Lipinski definition) is 1. The van der Waals surface area contributed by atoms with Crippen LogP contribution in [0.1, 0.15) is 19.8 Å². The van der Waals surface area contributed by atoms with Gasteiger partial charge in [0.25, 0.3) is 0 Å². The highest BCUT2D eigenvalue weighted by atomic mass is 32.2. The Labute approximate surface area is 81.3 Å². The Morgan fingerprint density at radius 2 is 2.54 bits per heavy atom. The summed E-state index contributed by atoms with van der Waals surface area (Å²) in [5.41, 5.74) is 0. The van der Waals surface area contributed by atoms with Crippen LogP contribution in [0.15, 0.2) is 0 Å². The van der Waals surface area contributed by atoms with Gasteiger partial charge in [-0.1, -0.05) is 24.4 Å². The molecule has 3 unspecified atom stereocenters. The molecule has 0 bridgehead atoms. The molecule has 78 valence electrons. The van der Waals surface area contributed by atoms with Crippen LogP contribution in [-0.2, 0) is 15.8 Å². The first kappa shape index (κ1) is 11.1. The first-order chi connectivity index (χ1) is 6.25. The molecule has 0 aliphatic carbocycles. The predicted molar refractivity (Wildman–Crippen MR) is 50.2 cm³/mol. The zero-order valence-corrected chi connectivity index (χ0v) is 8.64. The summed E-state index contributed by atoms with van der Waals surface area (Å²) in [4.78, 5) is 0. The van der Waals surface area contributed by atoms with E-state index in [1.165, 1.54) is 0 Å². The lowest BCUT2D eigenvalue weighted by Crippen LogP contribution is -2.50. The van der Waals surface area contributed by atoms with E-state index in [-0.39, 0.29) is 11.3 Å². The first-order valence-electron chi connectivity index (χ1n) is 4.65. The maximum absolute atomic E-state index is 10.9. The average Bonchev–Trinajstić information content (AvgIpc) is 2.15. The van der Waals surface area contributed by atoms with Crippen LogP contribution in [0.4, 0.5) is 0 Å². The summed E-state index contributed by atoms with van der Waals surface area (Å²) < 4.78 is 27.0. The molecule has 1 fully saturated rings. The van der Waals surface area contributed by atoms with Gasteiger partial charge in [-0.25, -0.2) is 0 Å². The van der Waals surface area contributed by atoms with Crippen LogP contribution in [0.2, 0.25) is 0 Å². The molecule has 3 atom stereocenters. The van der Waals surface area contributed by atoms with Crippen molar-refractivity contribution in [2.45, 2.75) is 31.1 Å². The zero-order valence-electron chi connectivity index (χ0n) is 7.82. The lowest BCUT2D eigenvalue weighted by atomic mass is 10.1. The quantitative estimate of drug-likeness (QED) is 0.659. The summed E-state index contributed by atoms with van der Waals surface area (Å²) in [5, 5.41) is 2.87. The molecule has 1 rings (SSSR count). The van der Waals surface area contributed by atoms with Crippen LogP contribution in [0.25, 0.3) is 0 Å². The third-order valence-electron chi connectivity index (χ3n) is 2.22. The Bertz CT molecular complexity index is 171. The van der Waals surface area contributed by atoms with Crippen molar-refractivity contribution in [1.82, 2.24) is 5.32 Å². The standard InChI is InChI=1S/C8H17NO3S/c1-2-3-8(13(10)11)7-6-12-5-4-9-7/h7-9H,2-6H2,1H3,(H,10,11)/p-1. The lowest BCUT2D eigenvalue weighted by molar-refractivity contribution is 0.0743. The van der Waals surface area contributed by atoms with Crippen molar-refractivity contribution in [2.75, 3.05) is 19.8 Å². The summed E-state index contributed by atoms with van der Waals surface area (Å²) in [6.45, 7) is 3.94. The fourth-order valence-electron chi connectivity index (χ4n) is 1.54. The van der Waals surface area contributed by atoms with Crippen molar-refractivity contribution < 1.29 is 13.5 Å². The minimum Gasteiger partial charge on any atom is -0.772 e. The van der Waals surface area contributed by atoms with Crippen LogP contribution in [0, 0.1) is 0 Å². The molecule has 0 saturated carbocycles. The van der Waals surface area contributed by atoms with Crippen LogP contribution in [0.3, 0.4) is 0 Å². The summed E-state index contributed by atoms with van der Waals surface area (Å²) in [7, 11) is 0. The average molecular weight is 206 g/mol. The van der Waals surface area contributed by atoms with E-state index in [2.05, 4.69) is 5.32 Å². The normalized spacial score (nSPS) is 28.3. The molecule has 1 aliphatic heterocycles. The number of nitrogens with one attached hydrogen (secondary N) is 1. The highest BCUT2D eigenvalue weighted by Gasteiger charge is 2.23. The Hall–Kier alpha value is 0.0300. The Balaban J connectivity index is 2.46. The highest BCUT2D eigenvalue weighted by molar-refractivity contribution is 7.79. The number of rotatable bonds is 4. The maximum Gasteiger partial charge on any atom is 0.0631 e. The largest absolute Gasteiger partial charge is 0.772 e. The van der Waals surface area contributed by atoms with Gasteiger partial charge >= 0.3 is 0 Å². The molecular weight excluding hydrogens is 190 g/mol. The fourth-order valence-corrected chi connectivity index (χ4v) is 2.41. The Morgan fingerprint density at radius 3 is 3.00 bits per heavy atom. The molecular formula is C8H16NO3S-. The van der Waals surface area contributed by atoms with Gasteiger partial charge in [-0.3, -0.25) is 4.21 Å². The smallest absolute Gasteiger partial charge is 0.0631 e. The Kier molecular flexibility index (Phi) is 4.87. The van der Waals surface area contributed by atoms with Crippen molar-refractivity contribution in [2.24, 2.45) is 0 Å². The molecule has 4 nitrogen and oxygen atoms in total. The van der Waals surface area contributed by atoms with Gasteiger partial charge in [0.05, 0.1) is 13.2 Å². The van der Waals surface area contributed by atoms with Crippen LogP contribution < -0.4 is 5.32 Å². The molecule has 0 aromatic carbocycles. The van der Waals surface area contributed by atoms with Crippen molar-refractivity contribution >= 4 is 11.1 Å². The van der Waals surface area contributed by atoms with Gasteiger partial charge in [-0.05, 0) is 6.42 Å². The van der Waals surface area contributed by atoms with Crippen molar-refractivity contribution in [3.05, 3.63) is 0 Å². The molecule has 0 aromatic heterocycles. The zero-order chi connectivity index (χ0) is 9.68. The van der Waals surface area contributed by atoms with E-state index in [0.717, 1.165) is 13.0 Å². The van der Waals surface area contributed by atoms with E-state index in [9.17, 15) is 8.76 Å². The van der Waals surface area contributed by atoms with Crippen molar-refractivity contribution in [3.63, 3.8) is 0 Å². The summed E-state index contributed by atoms with van der Waals surface area (Å²) >= 11 is -1.99. The summed E-state index contributed by atoms with van der Waals surface area (Å²) in [6.07, 6.45) is 1.59. The van der Waals surface area contributed by atoms with Crippen molar-refractivity contribution in [3.8, 4) is 0 Å². The molecule has 5 heteroatoms. The monoisotopic (exact) mass is 206 g/mol. The van der Waals surface area contributed by atoms with E-state index in [1.807, 2.05) is 6.92 Å². The van der Waals surface area contributed by atoms with E-state index < -0.39 is 11.1 Å². The van der Waals surface area contributed by atoms with Crippen molar-refractivity contribution in [1.29, 1.82) is 0 Å². The number of hydrogen-bond acceptors (Lipinski definition) is 4.